The Hall–Kier alpha value is -3.35. The summed E-state index contributed by atoms with van der Waals surface area (Å²) in [6.45, 7) is 0.632. The van der Waals surface area contributed by atoms with Crippen molar-refractivity contribution in [3.05, 3.63) is 59.7 Å². The van der Waals surface area contributed by atoms with E-state index in [1.165, 1.54) is 11.1 Å². The molecule has 2 fully saturated rings. The van der Waals surface area contributed by atoms with E-state index in [1.807, 2.05) is 24.3 Å². The van der Waals surface area contributed by atoms with Gasteiger partial charge in [0.1, 0.15) is 6.61 Å². The van der Waals surface area contributed by atoms with Crippen molar-refractivity contribution in [3.8, 4) is 11.1 Å². The third-order valence-electron chi connectivity index (χ3n) is 7.30. The number of amides is 2. The lowest BCUT2D eigenvalue weighted by molar-refractivity contribution is -0.140. The van der Waals surface area contributed by atoms with Crippen molar-refractivity contribution in [2.75, 3.05) is 13.2 Å². The van der Waals surface area contributed by atoms with E-state index < -0.39 is 17.6 Å². The summed E-state index contributed by atoms with van der Waals surface area (Å²) in [7, 11) is 0. The van der Waals surface area contributed by atoms with Gasteiger partial charge in [-0.05, 0) is 53.9 Å². The van der Waals surface area contributed by atoms with Crippen LogP contribution in [0, 0.1) is 11.8 Å². The molecule has 0 unspecified atom stereocenters. The molecule has 7 nitrogen and oxygen atoms in total. The number of hydrogen-bond acceptors (Lipinski definition) is 4. The molecule has 0 bridgehead atoms. The van der Waals surface area contributed by atoms with E-state index in [0.717, 1.165) is 17.5 Å². The molecule has 172 valence electrons. The second kappa shape index (κ2) is 8.54. The first-order chi connectivity index (χ1) is 16.0. The van der Waals surface area contributed by atoms with Crippen LogP contribution in [-0.2, 0) is 14.3 Å². The topological polar surface area (TPSA) is 105 Å². The lowest BCUT2D eigenvalue weighted by Gasteiger charge is -2.41. The van der Waals surface area contributed by atoms with Crippen molar-refractivity contribution in [3.63, 3.8) is 0 Å². The number of benzene rings is 2. The van der Waals surface area contributed by atoms with Crippen LogP contribution in [0.5, 0.6) is 0 Å². The Labute approximate surface area is 192 Å². The van der Waals surface area contributed by atoms with Crippen LogP contribution in [0.3, 0.4) is 0 Å². The van der Waals surface area contributed by atoms with Crippen LogP contribution >= 0.6 is 0 Å². The Morgan fingerprint density at radius 2 is 1.64 bits per heavy atom. The van der Waals surface area contributed by atoms with Crippen molar-refractivity contribution in [2.24, 2.45) is 11.8 Å². The fourth-order valence-electron chi connectivity index (χ4n) is 5.25. The fraction of sp³-hybridized carbons (Fsp3) is 0.423. The number of carbonyl (C=O) groups excluding carboxylic acids is 2. The highest BCUT2D eigenvalue weighted by Crippen LogP contribution is 2.44. The number of ether oxygens (including phenoxy) is 1. The molecule has 7 heteroatoms. The number of alkyl carbamates (subject to hydrolysis) is 1. The molecule has 0 saturated heterocycles. The molecule has 2 aromatic rings. The Morgan fingerprint density at radius 3 is 2.21 bits per heavy atom. The molecule has 2 amide bonds. The zero-order chi connectivity index (χ0) is 23.0. The van der Waals surface area contributed by atoms with Crippen LogP contribution in [0.1, 0.15) is 49.1 Å². The van der Waals surface area contributed by atoms with Crippen LogP contribution in [0.25, 0.3) is 11.1 Å². The molecule has 0 aliphatic heterocycles. The molecule has 5 rings (SSSR count). The minimum atomic E-state index is -0.890. The lowest BCUT2D eigenvalue weighted by Crippen LogP contribution is -2.55. The average Bonchev–Trinajstić information content (AvgIpc) is 3.50. The van der Waals surface area contributed by atoms with Gasteiger partial charge in [-0.3, -0.25) is 9.59 Å². The number of rotatable bonds is 8. The van der Waals surface area contributed by atoms with Gasteiger partial charge in [0.25, 0.3) is 0 Å². The maximum atomic E-state index is 12.5. The van der Waals surface area contributed by atoms with Gasteiger partial charge in [0, 0.05) is 18.4 Å². The number of nitrogens with one attached hydrogen (secondary N) is 2. The molecule has 3 aliphatic carbocycles. The number of carbonyl (C=O) groups is 3. The highest BCUT2D eigenvalue weighted by atomic mass is 16.5. The molecule has 0 aromatic heterocycles. The summed E-state index contributed by atoms with van der Waals surface area (Å²) in [4.78, 5) is 36.0. The summed E-state index contributed by atoms with van der Waals surface area (Å²) >= 11 is 0. The van der Waals surface area contributed by atoms with Gasteiger partial charge in [0.2, 0.25) is 5.91 Å². The Balaban J connectivity index is 1.10. The molecule has 0 spiro atoms. The maximum absolute atomic E-state index is 12.5. The van der Waals surface area contributed by atoms with E-state index in [0.29, 0.717) is 25.8 Å². The van der Waals surface area contributed by atoms with E-state index in [4.69, 9.17) is 9.84 Å². The molecule has 0 heterocycles. The molecular formula is C26H28N2O5. The van der Waals surface area contributed by atoms with Crippen LogP contribution in [-0.4, -0.2) is 41.8 Å². The smallest absolute Gasteiger partial charge is 0.407 e. The van der Waals surface area contributed by atoms with Crippen LogP contribution in [0.2, 0.25) is 0 Å². The zero-order valence-corrected chi connectivity index (χ0v) is 18.4. The first kappa shape index (κ1) is 21.5. The van der Waals surface area contributed by atoms with E-state index in [-0.39, 0.29) is 36.7 Å². The van der Waals surface area contributed by atoms with E-state index in [2.05, 4.69) is 34.9 Å². The first-order valence-electron chi connectivity index (χ1n) is 11.6. The van der Waals surface area contributed by atoms with Crippen molar-refractivity contribution in [1.29, 1.82) is 0 Å². The van der Waals surface area contributed by atoms with Crippen LogP contribution in [0.4, 0.5) is 4.79 Å². The SMILES string of the molecule is O=C(O)CC1(NC(=O)[C@@H]2C[C@@H]2CNC(=O)OCC2c3ccccc3-c3ccccc32)CCC1. The first-order valence-corrected chi connectivity index (χ1v) is 11.6. The number of fused-ring (bicyclic) bond motifs is 3. The van der Waals surface area contributed by atoms with Crippen molar-refractivity contribution in [1.82, 2.24) is 10.6 Å². The minimum Gasteiger partial charge on any atom is -0.481 e. The molecule has 0 radical (unpaired) electrons. The van der Waals surface area contributed by atoms with Crippen LogP contribution in [0.15, 0.2) is 48.5 Å². The summed E-state index contributed by atoms with van der Waals surface area (Å²) in [5.41, 5.74) is 4.10. The van der Waals surface area contributed by atoms with Gasteiger partial charge in [0.05, 0.1) is 12.0 Å². The summed E-state index contributed by atoms with van der Waals surface area (Å²) in [5.74, 6) is -1.09. The third kappa shape index (κ3) is 4.32. The maximum Gasteiger partial charge on any atom is 0.407 e. The quantitative estimate of drug-likeness (QED) is 0.572. The summed E-state index contributed by atoms with van der Waals surface area (Å²) in [6.07, 6.45) is 2.53. The molecule has 2 atom stereocenters. The third-order valence-corrected chi connectivity index (χ3v) is 7.30. The lowest BCUT2D eigenvalue weighted by atomic mass is 9.74. The van der Waals surface area contributed by atoms with Gasteiger partial charge >= 0.3 is 12.1 Å². The van der Waals surface area contributed by atoms with Crippen molar-refractivity contribution >= 4 is 18.0 Å². The van der Waals surface area contributed by atoms with Crippen molar-refractivity contribution in [2.45, 2.75) is 43.6 Å². The van der Waals surface area contributed by atoms with Crippen LogP contribution < -0.4 is 10.6 Å². The largest absolute Gasteiger partial charge is 0.481 e. The number of aliphatic carboxylic acids is 1. The molecule has 2 saturated carbocycles. The normalized spacial score (nSPS) is 21.8. The van der Waals surface area contributed by atoms with Gasteiger partial charge in [-0.15, -0.1) is 0 Å². The number of hydrogen-bond donors (Lipinski definition) is 3. The van der Waals surface area contributed by atoms with Gasteiger partial charge in [-0.2, -0.15) is 0 Å². The zero-order valence-electron chi connectivity index (χ0n) is 18.4. The molecule has 33 heavy (non-hydrogen) atoms. The van der Waals surface area contributed by atoms with Gasteiger partial charge < -0.3 is 20.5 Å². The monoisotopic (exact) mass is 448 g/mol. The van der Waals surface area contributed by atoms with E-state index in [9.17, 15) is 14.4 Å². The fourth-order valence-corrected chi connectivity index (χ4v) is 5.25. The molecule has 3 N–H and O–H groups in total. The van der Waals surface area contributed by atoms with Gasteiger partial charge in [-0.1, -0.05) is 48.5 Å². The highest BCUT2D eigenvalue weighted by Gasteiger charge is 2.47. The Kier molecular flexibility index (Phi) is 5.56. The number of carboxylic acid groups (broad SMARTS) is 1. The van der Waals surface area contributed by atoms with E-state index >= 15 is 0 Å². The molecule has 3 aliphatic rings. The summed E-state index contributed by atoms with van der Waals surface area (Å²) in [6, 6.07) is 16.4. The van der Waals surface area contributed by atoms with Gasteiger partial charge in [-0.25, -0.2) is 4.79 Å². The predicted molar refractivity (Wildman–Crippen MR) is 122 cm³/mol. The highest BCUT2D eigenvalue weighted by molar-refractivity contribution is 5.83. The molecule has 2 aromatic carbocycles. The number of carboxylic acids is 1. The van der Waals surface area contributed by atoms with E-state index in [1.54, 1.807) is 0 Å². The summed E-state index contributed by atoms with van der Waals surface area (Å²) < 4.78 is 5.55. The van der Waals surface area contributed by atoms with Crippen molar-refractivity contribution < 1.29 is 24.2 Å². The second-order valence-electron chi connectivity index (χ2n) is 9.50. The minimum absolute atomic E-state index is 0.00972. The Morgan fingerprint density at radius 1 is 1.00 bits per heavy atom. The van der Waals surface area contributed by atoms with Gasteiger partial charge in [0.15, 0.2) is 0 Å². The summed E-state index contributed by atoms with van der Waals surface area (Å²) in [5, 5.41) is 14.9. The Bertz CT molecular complexity index is 1050. The molecular weight excluding hydrogens is 420 g/mol. The average molecular weight is 449 g/mol. The second-order valence-corrected chi connectivity index (χ2v) is 9.50. The predicted octanol–water partition coefficient (Wildman–Crippen LogP) is 3.67. The standard InChI is InChI=1S/C26H28N2O5/c29-23(30)13-26(10-5-11-26)28-24(31)21-12-16(21)14-27-25(32)33-15-22-19-8-3-1-6-17(19)18-7-2-4-9-20(18)22/h1-4,6-9,16,21-22H,5,10-15H2,(H,27,32)(H,28,31)(H,29,30)/t16-,21-/m1/s1.